The summed E-state index contributed by atoms with van der Waals surface area (Å²) in [4.78, 5) is 58.2. The molecule has 0 radical (unpaired) electrons. The molecule has 2 amide bonds. The number of nitrogens with two attached hydrogens (primary N) is 1. The quantitative estimate of drug-likeness (QED) is 0.0329. The summed E-state index contributed by atoms with van der Waals surface area (Å²) in [6, 6.07) is 22.9. The third kappa shape index (κ3) is 27.8. The highest BCUT2D eigenvalue weighted by atomic mass is 79.9. The molecular formula is C59H79Br2N15O6S. The van der Waals surface area contributed by atoms with Crippen LogP contribution in [0.5, 0.6) is 11.8 Å². The number of hydrogen-bond acceptors (Lipinski definition) is 20. The fourth-order valence-electron chi connectivity index (χ4n) is 6.70. The van der Waals surface area contributed by atoms with Crippen LogP contribution in [0.1, 0.15) is 62.3 Å². The van der Waals surface area contributed by atoms with Gasteiger partial charge in [0, 0.05) is 125 Å². The molecule has 0 saturated carbocycles. The molecule has 0 saturated heterocycles. The van der Waals surface area contributed by atoms with E-state index in [9.17, 15) is 9.59 Å². The number of carbonyl (C=O) groups is 2. The Morgan fingerprint density at radius 3 is 1.27 bits per heavy atom. The maximum absolute atomic E-state index is 11.7. The molecule has 7 heterocycles. The molecule has 3 unspecified atom stereocenters. The summed E-state index contributed by atoms with van der Waals surface area (Å²) in [5.41, 5.74) is 8.06. The Hall–Kier alpha value is -7.57. The van der Waals surface area contributed by atoms with Crippen molar-refractivity contribution in [3.8, 4) is 34.0 Å². The average Bonchev–Trinajstić information content (AvgIpc) is 3.58. The normalized spacial score (nSPS) is 11.8. The molecule has 83 heavy (non-hydrogen) atoms. The number of aromatic nitrogens is 8. The molecule has 0 aliphatic carbocycles. The van der Waals surface area contributed by atoms with E-state index >= 15 is 0 Å². The number of methoxy groups -OCH3 is 2. The first-order valence-corrected chi connectivity index (χ1v) is 29.5. The number of thioether (sulfide) groups is 1. The van der Waals surface area contributed by atoms with Crippen LogP contribution in [0.2, 0.25) is 0 Å². The highest BCUT2D eigenvalue weighted by Crippen LogP contribution is 2.29. The predicted molar refractivity (Wildman–Crippen MR) is 340 cm³/mol. The van der Waals surface area contributed by atoms with Crippen LogP contribution in [0, 0.1) is 17.8 Å². The van der Waals surface area contributed by atoms with E-state index in [4.69, 9.17) is 24.7 Å². The first-order valence-electron chi connectivity index (χ1n) is 26.7. The van der Waals surface area contributed by atoms with Crippen molar-refractivity contribution in [3.63, 3.8) is 0 Å². The predicted octanol–water partition coefficient (Wildman–Crippen LogP) is 12.4. The summed E-state index contributed by atoms with van der Waals surface area (Å²) in [6.07, 6.45) is 15.3. The number of alkyl carbamates (subject to hydrolysis) is 2. The van der Waals surface area contributed by atoms with Crippen molar-refractivity contribution in [1.82, 2.24) is 50.5 Å². The summed E-state index contributed by atoms with van der Waals surface area (Å²) in [6.45, 7) is 21.3. The largest absolute Gasteiger partial charge is 0.481 e. The van der Waals surface area contributed by atoms with Gasteiger partial charge in [-0.25, -0.2) is 49.5 Å². The lowest BCUT2D eigenvalue weighted by Crippen LogP contribution is -2.36. The van der Waals surface area contributed by atoms with Gasteiger partial charge in [0.25, 0.3) is 0 Å². The third-order valence-electron chi connectivity index (χ3n) is 10.9. The molecule has 0 aliphatic heterocycles. The zero-order valence-electron chi connectivity index (χ0n) is 49.3. The van der Waals surface area contributed by atoms with Crippen molar-refractivity contribution >= 4 is 85.0 Å². The second-order valence-corrected chi connectivity index (χ2v) is 23.5. The van der Waals surface area contributed by atoms with Crippen molar-refractivity contribution in [3.05, 3.63) is 131 Å². The van der Waals surface area contributed by atoms with Gasteiger partial charge in [0.15, 0.2) is 0 Å². The van der Waals surface area contributed by atoms with Crippen LogP contribution in [-0.2, 0) is 9.47 Å². The molecule has 7 aromatic rings. The fraction of sp³-hybridized carbons (Fsp3) is 0.390. The number of nitrogens with zero attached hydrogens (tertiary/aromatic N) is 8. The molecule has 21 nitrogen and oxygen atoms in total. The lowest BCUT2D eigenvalue weighted by atomic mass is 10.1. The van der Waals surface area contributed by atoms with E-state index in [1.807, 2.05) is 147 Å². The summed E-state index contributed by atoms with van der Waals surface area (Å²) in [7, 11) is 3.22. The van der Waals surface area contributed by atoms with Gasteiger partial charge < -0.3 is 56.6 Å². The van der Waals surface area contributed by atoms with Gasteiger partial charge in [0.05, 0.1) is 14.2 Å². The zero-order valence-corrected chi connectivity index (χ0v) is 53.3. The number of nitrogens with one attached hydrogen (secondary N) is 6. The van der Waals surface area contributed by atoms with Crippen LogP contribution in [0.3, 0.4) is 0 Å². The lowest BCUT2D eigenvalue weighted by Gasteiger charge is -2.21. The van der Waals surface area contributed by atoms with Crippen molar-refractivity contribution in [2.24, 2.45) is 17.8 Å². The highest BCUT2D eigenvalue weighted by molar-refractivity contribution is 9.10. The molecule has 0 fully saturated rings. The second kappa shape index (κ2) is 35.4. The SMILES string of the molecule is CC(CNC(=O)OC(C)(C)C)CNc1ccc(Br)cn1.COc1ncccc1-c1ccc(NCC(C)CNC(=O)OC(C)(C)C)nc1.COc1ncccc1-c1ccc(NCC(C)CNc2ncc(SC)cn2)nc1.Nc1ccc(Br)cn1. The van der Waals surface area contributed by atoms with Crippen LogP contribution < -0.4 is 47.1 Å². The Morgan fingerprint density at radius 1 is 0.518 bits per heavy atom. The van der Waals surface area contributed by atoms with Gasteiger partial charge in [-0.1, -0.05) is 20.8 Å². The number of nitrogen functional groups attached to an aromatic ring is 1. The minimum Gasteiger partial charge on any atom is -0.481 e. The third-order valence-corrected chi connectivity index (χ3v) is 12.5. The van der Waals surface area contributed by atoms with Gasteiger partial charge in [0.1, 0.15) is 34.5 Å². The summed E-state index contributed by atoms with van der Waals surface area (Å²) < 4.78 is 22.9. The molecule has 24 heteroatoms. The first-order chi connectivity index (χ1) is 39.5. The van der Waals surface area contributed by atoms with Crippen molar-refractivity contribution in [2.45, 2.75) is 78.4 Å². The van der Waals surface area contributed by atoms with Crippen LogP contribution in [-0.4, -0.2) is 123 Å². The first kappa shape index (κ1) is 67.9. The summed E-state index contributed by atoms with van der Waals surface area (Å²) in [5.74, 6) is 5.65. The van der Waals surface area contributed by atoms with Gasteiger partial charge in [-0.15, -0.1) is 11.8 Å². The van der Waals surface area contributed by atoms with E-state index < -0.39 is 17.3 Å². The van der Waals surface area contributed by atoms with Crippen LogP contribution in [0.4, 0.5) is 38.8 Å². The Balaban J connectivity index is 0.000000253. The van der Waals surface area contributed by atoms with E-state index in [0.717, 1.165) is 73.2 Å². The second-order valence-electron chi connectivity index (χ2n) is 20.8. The zero-order chi connectivity index (χ0) is 60.8. The van der Waals surface area contributed by atoms with E-state index in [0.29, 0.717) is 49.1 Å². The van der Waals surface area contributed by atoms with Gasteiger partial charge >= 0.3 is 12.2 Å². The van der Waals surface area contributed by atoms with E-state index in [2.05, 4.69) is 111 Å². The topological polar surface area (TPSA) is 272 Å². The van der Waals surface area contributed by atoms with Crippen LogP contribution in [0.15, 0.2) is 136 Å². The number of amides is 2. The Morgan fingerprint density at radius 2 is 0.916 bits per heavy atom. The van der Waals surface area contributed by atoms with E-state index in [1.54, 1.807) is 63.0 Å². The highest BCUT2D eigenvalue weighted by Gasteiger charge is 2.18. The molecule has 3 atom stereocenters. The maximum Gasteiger partial charge on any atom is 0.407 e. The number of hydrogen-bond donors (Lipinski definition) is 7. The maximum atomic E-state index is 11.7. The average molecular weight is 1290 g/mol. The molecule has 7 aromatic heterocycles. The smallest absolute Gasteiger partial charge is 0.407 e. The van der Waals surface area contributed by atoms with E-state index in [-0.39, 0.29) is 17.9 Å². The van der Waals surface area contributed by atoms with Gasteiger partial charge in [0.2, 0.25) is 17.7 Å². The Bertz CT molecular complexity index is 2960. The Labute approximate surface area is 509 Å². The van der Waals surface area contributed by atoms with Crippen LogP contribution >= 0.6 is 43.6 Å². The van der Waals surface area contributed by atoms with Crippen molar-refractivity contribution < 1.29 is 28.5 Å². The number of ether oxygens (including phenoxy) is 4. The molecule has 446 valence electrons. The number of pyridine rings is 6. The lowest BCUT2D eigenvalue weighted by molar-refractivity contribution is 0.0510. The Kier molecular flexibility index (Phi) is 29.0. The summed E-state index contributed by atoms with van der Waals surface area (Å²) >= 11 is 8.19. The minimum absolute atomic E-state index is 0.220. The molecule has 0 aliphatic rings. The number of carbonyl (C=O) groups excluding carboxylic acids is 2. The summed E-state index contributed by atoms with van der Waals surface area (Å²) in [5, 5.41) is 18.7. The molecular weight excluding hydrogens is 1210 g/mol. The van der Waals surface area contributed by atoms with Crippen molar-refractivity contribution in [1.29, 1.82) is 0 Å². The van der Waals surface area contributed by atoms with Gasteiger partial charge in [-0.05, 0) is 170 Å². The number of anilines is 5. The van der Waals surface area contributed by atoms with E-state index in [1.165, 1.54) is 0 Å². The van der Waals surface area contributed by atoms with Crippen LogP contribution in [0.25, 0.3) is 22.3 Å². The number of halogens is 2. The molecule has 0 spiro atoms. The minimum atomic E-state index is -0.492. The fourth-order valence-corrected chi connectivity index (χ4v) is 7.49. The molecule has 0 aromatic carbocycles. The monoisotopic (exact) mass is 1280 g/mol. The standard InChI is InChI=1S/C20H24N6OS.C20H28N4O3.C14H22BrN3O2.C5H5BrN2/c1-14(10-24-20-25-12-16(28-3)13-26-20)9-22-18-7-6-15(11-23-18)17-5-4-8-21-19(17)27-2;1-14(12-24-19(25)27-20(2,3)4)11-22-17-9-8-15(13-23-17)16-7-6-10-21-18(16)26-5;1-10(8-18-13(19)20-14(2,3)4)7-16-12-6-5-11(15)9-17-12;6-4-1-2-5(7)8-3-4/h4-8,11-14H,9-10H2,1-3H3,(H,22,23)(H,24,25,26);6-10,13-14H,11-12H2,1-5H3,(H,22,23)(H,24,25);5-6,9-10H,7-8H2,1-4H3,(H,16,17)(H,18,19);1-3H,(H2,7,8). The molecule has 7 rings (SSSR count). The van der Waals surface area contributed by atoms with Gasteiger partial charge in [-0.2, -0.15) is 0 Å². The molecule has 8 N–H and O–H groups in total. The van der Waals surface area contributed by atoms with Gasteiger partial charge in [-0.3, -0.25) is 0 Å². The van der Waals surface area contributed by atoms with Crippen molar-refractivity contribution in [2.75, 3.05) is 86.7 Å². The number of rotatable bonds is 21. The molecule has 0 bridgehead atoms.